The summed E-state index contributed by atoms with van der Waals surface area (Å²) in [5, 5.41) is 3.24. The van der Waals surface area contributed by atoms with Crippen LogP contribution >= 0.6 is 22.6 Å². The fraction of sp³-hybridized carbons (Fsp3) is 0.200. The van der Waals surface area contributed by atoms with Crippen molar-refractivity contribution >= 4 is 22.6 Å². The molecular formula is C15H14F2IN. The highest BCUT2D eigenvalue weighted by Gasteiger charge is 2.17. The number of benzene rings is 2. The normalized spacial score (nSPS) is 12.4. The van der Waals surface area contributed by atoms with Crippen molar-refractivity contribution in [1.29, 1.82) is 0 Å². The van der Waals surface area contributed by atoms with Crippen molar-refractivity contribution in [2.75, 3.05) is 6.54 Å². The predicted molar refractivity (Wildman–Crippen MR) is 81.0 cm³/mol. The molecule has 2 aromatic carbocycles. The van der Waals surface area contributed by atoms with E-state index in [4.69, 9.17) is 0 Å². The number of nitrogens with one attached hydrogen (secondary N) is 1. The average molecular weight is 373 g/mol. The summed E-state index contributed by atoms with van der Waals surface area (Å²) in [7, 11) is 0. The van der Waals surface area contributed by atoms with Crippen LogP contribution in [0.25, 0.3) is 0 Å². The molecule has 1 unspecified atom stereocenters. The van der Waals surface area contributed by atoms with Gasteiger partial charge in [-0.15, -0.1) is 0 Å². The number of hydrogen-bond acceptors (Lipinski definition) is 1. The van der Waals surface area contributed by atoms with Crippen LogP contribution in [-0.2, 0) is 0 Å². The summed E-state index contributed by atoms with van der Waals surface area (Å²) >= 11 is 2.22. The lowest BCUT2D eigenvalue weighted by atomic mass is 9.98. The molecule has 1 N–H and O–H groups in total. The molecule has 0 aliphatic carbocycles. The molecule has 0 saturated heterocycles. The van der Waals surface area contributed by atoms with E-state index in [0.29, 0.717) is 12.1 Å². The van der Waals surface area contributed by atoms with Crippen LogP contribution in [0.15, 0.2) is 42.5 Å². The zero-order valence-corrected chi connectivity index (χ0v) is 12.6. The molecule has 0 aromatic heterocycles. The molecule has 0 saturated carbocycles. The van der Waals surface area contributed by atoms with Gasteiger partial charge in [-0.3, -0.25) is 0 Å². The number of halogens is 3. The van der Waals surface area contributed by atoms with Crippen molar-refractivity contribution in [2.24, 2.45) is 0 Å². The molecule has 2 rings (SSSR count). The van der Waals surface area contributed by atoms with Gasteiger partial charge in [0.15, 0.2) is 0 Å². The molecule has 0 aliphatic rings. The van der Waals surface area contributed by atoms with E-state index >= 15 is 0 Å². The SMILES string of the molecule is CCNC(c1cccc(I)c1)c1ccc(F)cc1F. The Kier molecular flexibility index (Phi) is 4.87. The summed E-state index contributed by atoms with van der Waals surface area (Å²) in [4.78, 5) is 0. The van der Waals surface area contributed by atoms with Gasteiger partial charge in [0.25, 0.3) is 0 Å². The Morgan fingerprint density at radius 1 is 1.16 bits per heavy atom. The van der Waals surface area contributed by atoms with Crippen LogP contribution in [-0.4, -0.2) is 6.54 Å². The second-order valence-electron chi connectivity index (χ2n) is 4.21. The Balaban J connectivity index is 2.45. The van der Waals surface area contributed by atoms with Crippen molar-refractivity contribution in [3.63, 3.8) is 0 Å². The molecule has 0 bridgehead atoms. The van der Waals surface area contributed by atoms with Crippen LogP contribution in [0.5, 0.6) is 0 Å². The Morgan fingerprint density at radius 3 is 2.58 bits per heavy atom. The van der Waals surface area contributed by atoms with Gasteiger partial charge in [-0.1, -0.05) is 25.1 Å². The average Bonchev–Trinajstić information content (AvgIpc) is 2.37. The summed E-state index contributed by atoms with van der Waals surface area (Å²) in [6.07, 6.45) is 0. The maximum absolute atomic E-state index is 13.9. The molecule has 4 heteroatoms. The van der Waals surface area contributed by atoms with Gasteiger partial charge < -0.3 is 5.32 Å². The Bertz CT molecular complexity index is 572. The minimum atomic E-state index is -0.556. The quantitative estimate of drug-likeness (QED) is 0.790. The molecule has 0 spiro atoms. The van der Waals surface area contributed by atoms with Crippen LogP contribution in [0.2, 0.25) is 0 Å². The lowest BCUT2D eigenvalue weighted by molar-refractivity contribution is 0.541. The first kappa shape index (κ1) is 14.4. The molecule has 100 valence electrons. The molecule has 0 radical (unpaired) electrons. The van der Waals surface area contributed by atoms with Crippen LogP contribution in [0.4, 0.5) is 8.78 Å². The Hall–Kier alpha value is -1.01. The van der Waals surface area contributed by atoms with E-state index in [1.807, 2.05) is 31.2 Å². The summed E-state index contributed by atoms with van der Waals surface area (Å²) in [5.74, 6) is -1.08. The molecule has 1 atom stereocenters. The second-order valence-corrected chi connectivity index (χ2v) is 5.46. The predicted octanol–water partition coefficient (Wildman–Crippen LogP) is 4.27. The first-order chi connectivity index (χ1) is 9.11. The minimum absolute atomic E-state index is 0.264. The van der Waals surface area contributed by atoms with E-state index in [1.165, 1.54) is 12.1 Å². The van der Waals surface area contributed by atoms with Crippen LogP contribution in [0, 0.1) is 15.2 Å². The largest absolute Gasteiger partial charge is 0.306 e. The fourth-order valence-electron chi connectivity index (χ4n) is 2.03. The Labute approximate surface area is 125 Å². The van der Waals surface area contributed by atoms with Gasteiger partial charge in [-0.2, -0.15) is 0 Å². The van der Waals surface area contributed by atoms with Gasteiger partial charge in [0.1, 0.15) is 11.6 Å². The van der Waals surface area contributed by atoms with E-state index in [9.17, 15) is 8.78 Å². The first-order valence-corrected chi connectivity index (χ1v) is 7.13. The maximum Gasteiger partial charge on any atom is 0.131 e. The topological polar surface area (TPSA) is 12.0 Å². The van der Waals surface area contributed by atoms with Gasteiger partial charge in [0.2, 0.25) is 0 Å². The van der Waals surface area contributed by atoms with E-state index in [1.54, 1.807) is 0 Å². The third-order valence-electron chi connectivity index (χ3n) is 2.86. The zero-order valence-electron chi connectivity index (χ0n) is 10.5. The minimum Gasteiger partial charge on any atom is -0.306 e. The molecule has 0 aliphatic heterocycles. The lowest BCUT2D eigenvalue weighted by Gasteiger charge is -2.20. The van der Waals surface area contributed by atoms with Gasteiger partial charge in [0, 0.05) is 15.2 Å². The summed E-state index contributed by atoms with van der Waals surface area (Å²) in [6.45, 7) is 2.66. The monoisotopic (exact) mass is 373 g/mol. The molecule has 0 heterocycles. The van der Waals surface area contributed by atoms with Crippen LogP contribution in [0.1, 0.15) is 24.1 Å². The maximum atomic E-state index is 13.9. The highest BCUT2D eigenvalue weighted by Crippen LogP contribution is 2.26. The van der Waals surface area contributed by atoms with Crippen molar-refractivity contribution in [1.82, 2.24) is 5.32 Å². The molecule has 0 amide bonds. The van der Waals surface area contributed by atoms with Gasteiger partial charge in [-0.25, -0.2) is 8.78 Å². The molecule has 2 aromatic rings. The molecule has 1 nitrogen and oxygen atoms in total. The highest BCUT2D eigenvalue weighted by molar-refractivity contribution is 14.1. The van der Waals surface area contributed by atoms with E-state index < -0.39 is 11.6 Å². The summed E-state index contributed by atoms with van der Waals surface area (Å²) in [6, 6.07) is 11.3. The van der Waals surface area contributed by atoms with E-state index in [-0.39, 0.29) is 6.04 Å². The fourth-order valence-corrected chi connectivity index (χ4v) is 2.60. The Morgan fingerprint density at radius 2 is 1.95 bits per heavy atom. The second kappa shape index (κ2) is 6.43. The zero-order chi connectivity index (χ0) is 13.8. The van der Waals surface area contributed by atoms with Crippen molar-refractivity contribution in [2.45, 2.75) is 13.0 Å². The van der Waals surface area contributed by atoms with Gasteiger partial charge in [0.05, 0.1) is 6.04 Å². The van der Waals surface area contributed by atoms with Crippen LogP contribution < -0.4 is 5.32 Å². The highest BCUT2D eigenvalue weighted by atomic mass is 127. The molecular weight excluding hydrogens is 359 g/mol. The van der Waals surface area contributed by atoms with Crippen molar-refractivity contribution in [3.8, 4) is 0 Å². The first-order valence-electron chi connectivity index (χ1n) is 6.05. The standard InChI is InChI=1S/C15H14F2IN/c1-2-19-15(10-4-3-5-12(18)8-10)13-7-6-11(16)9-14(13)17/h3-9,15,19H,2H2,1H3. The smallest absolute Gasteiger partial charge is 0.131 e. The molecule has 0 fully saturated rings. The van der Waals surface area contributed by atoms with Crippen molar-refractivity contribution in [3.05, 3.63) is 68.8 Å². The number of hydrogen-bond donors (Lipinski definition) is 1. The summed E-state index contributed by atoms with van der Waals surface area (Å²) in [5.41, 5.74) is 1.43. The lowest BCUT2D eigenvalue weighted by Crippen LogP contribution is -2.23. The third-order valence-corrected chi connectivity index (χ3v) is 3.53. The van der Waals surface area contributed by atoms with Gasteiger partial charge in [-0.05, 0) is 52.9 Å². The summed E-state index contributed by atoms with van der Waals surface area (Å²) < 4.78 is 28.0. The van der Waals surface area contributed by atoms with Gasteiger partial charge >= 0.3 is 0 Å². The van der Waals surface area contributed by atoms with E-state index in [2.05, 4.69) is 27.9 Å². The molecule has 19 heavy (non-hydrogen) atoms. The van der Waals surface area contributed by atoms with E-state index in [0.717, 1.165) is 15.2 Å². The van der Waals surface area contributed by atoms with Crippen LogP contribution in [0.3, 0.4) is 0 Å². The third kappa shape index (κ3) is 3.51. The van der Waals surface area contributed by atoms with Crippen molar-refractivity contribution < 1.29 is 8.78 Å². The number of rotatable bonds is 4.